The maximum Gasteiger partial charge on any atom is 0.253 e. The Balaban J connectivity index is 1.28. The number of likely N-dealkylation sites (tertiary alicyclic amines) is 1. The van der Waals surface area contributed by atoms with E-state index in [1.807, 2.05) is 42.5 Å². The summed E-state index contributed by atoms with van der Waals surface area (Å²) in [5.74, 6) is -0.0771. The molecule has 0 spiro atoms. The van der Waals surface area contributed by atoms with Crippen molar-refractivity contribution in [1.29, 1.82) is 0 Å². The van der Waals surface area contributed by atoms with E-state index >= 15 is 0 Å². The van der Waals surface area contributed by atoms with Gasteiger partial charge in [0.25, 0.3) is 5.91 Å². The van der Waals surface area contributed by atoms with Gasteiger partial charge in [-0.1, -0.05) is 54.6 Å². The highest BCUT2D eigenvalue weighted by atomic mass is 32.2. The third kappa shape index (κ3) is 5.22. The van der Waals surface area contributed by atoms with Crippen molar-refractivity contribution in [2.45, 2.75) is 40.5 Å². The molecule has 0 aliphatic carbocycles. The Labute approximate surface area is 223 Å². The summed E-state index contributed by atoms with van der Waals surface area (Å²) in [6.45, 7) is 2.47. The van der Waals surface area contributed by atoms with Crippen molar-refractivity contribution < 1.29 is 21.6 Å². The molecule has 1 amide bonds. The minimum atomic E-state index is -3.99. The number of sulfone groups is 1. The zero-order chi connectivity index (χ0) is 26.9. The molecule has 4 aromatic carbocycles. The van der Waals surface area contributed by atoms with Crippen LogP contribution in [0.5, 0.6) is 0 Å². The van der Waals surface area contributed by atoms with Crippen LogP contribution in [0.1, 0.15) is 28.8 Å². The van der Waals surface area contributed by atoms with Crippen molar-refractivity contribution >= 4 is 36.5 Å². The molecule has 1 fully saturated rings. The first-order chi connectivity index (χ1) is 18.1. The number of sulfonamides is 1. The van der Waals surface area contributed by atoms with Gasteiger partial charge in [-0.05, 0) is 72.5 Å². The van der Waals surface area contributed by atoms with Crippen LogP contribution < -0.4 is 4.72 Å². The molecule has 5 rings (SSSR count). The fourth-order valence-corrected chi connectivity index (χ4v) is 7.72. The topological polar surface area (TPSA) is 101 Å². The molecule has 7 nitrogen and oxygen atoms in total. The number of nitrogens with one attached hydrogen (secondary N) is 1. The van der Waals surface area contributed by atoms with Gasteiger partial charge in [0.1, 0.15) is 0 Å². The summed E-state index contributed by atoms with van der Waals surface area (Å²) in [7, 11) is -7.85. The molecule has 0 unspecified atom stereocenters. The van der Waals surface area contributed by atoms with Crippen LogP contribution in [0.15, 0.2) is 106 Å². The Bertz CT molecular complexity index is 1710. The monoisotopic (exact) mass is 548 g/mol. The van der Waals surface area contributed by atoms with Crippen LogP contribution >= 0.6 is 0 Å². The highest BCUT2D eigenvalue weighted by Crippen LogP contribution is 2.26. The highest BCUT2D eigenvalue weighted by molar-refractivity contribution is 7.91. The number of nitrogens with zero attached hydrogens (tertiary/aromatic N) is 1. The molecule has 0 atom stereocenters. The van der Waals surface area contributed by atoms with Gasteiger partial charge in [0.2, 0.25) is 19.9 Å². The molecule has 9 heteroatoms. The number of carbonyl (C=O) groups is 1. The van der Waals surface area contributed by atoms with E-state index < -0.39 is 19.9 Å². The van der Waals surface area contributed by atoms with Crippen molar-refractivity contribution in [3.05, 3.63) is 102 Å². The quantitative estimate of drug-likeness (QED) is 0.381. The summed E-state index contributed by atoms with van der Waals surface area (Å²) in [4.78, 5) is 14.8. The number of rotatable bonds is 6. The molecule has 38 heavy (non-hydrogen) atoms. The van der Waals surface area contributed by atoms with Gasteiger partial charge in [0.15, 0.2) is 0 Å². The minimum Gasteiger partial charge on any atom is -0.339 e. The summed E-state index contributed by atoms with van der Waals surface area (Å²) in [6.07, 6.45) is 0.916. The number of hydrogen-bond acceptors (Lipinski definition) is 5. The number of amides is 1. The van der Waals surface area contributed by atoms with Gasteiger partial charge in [-0.15, -0.1) is 0 Å². The van der Waals surface area contributed by atoms with Crippen LogP contribution in [0.3, 0.4) is 0 Å². The number of carbonyl (C=O) groups excluding carboxylic acids is 1. The highest BCUT2D eigenvalue weighted by Gasteiger charge is 2.29. The molecule has 1 heterocycles. The Hall–Kier alpha value is -3.53. The Morgan fingerprint density at radius 3 is 2.13 bits per heavy atom. The fourth-order valence-electron chi connectivity index (χ4n) is 4.76. The molecule has 0 aromatic heterocycles. The maximum absolute atomic E-state index is 13.3. The molecule has 1 saturated heterocycles. The van der Waals surface area contributed by atoms with E-state index in [0.29, 0.717) is 37.1 Å². The van der Waals surface area contributed by atoms with Crippen molar-refractivity contribution in [3.8, 4) is 0 Å². The van der Waals surface area contributed by atoms with Gasteiger partial charge in [-0.3, -0.25) is 4.79 Å². The number of hydrogen-bond donors (Lipinski definition) is 1. The smallest absolute Gasteiger partial charge is 0.253 e. The van der Waals surface area contributed by atoms with E-state index in [2.05, 4.69) is 4.72 Å². The minimum absolute atomic E-state index is 0.0656. The summed E-state index contributed by atoms with van der Waals surface area (Å²) in [5, 5.41) is 2.06. The van der Waals surface area contributed by atoms with Crippen molar-refractivity contribution in [3.63, 3.8) is 0 Å². The predicted molar refractivity (Wildman–Crippen MR) is 146 cm³/mol. The number of fused-ring (bicyclic) bond motifs is 1. The van der Waals surface area contributed by atoms with Gasteiger partial charge in [-0.25, -0.2) is 21.6 Å². The fraction of sp³-hybridized carbons (Fsp3) is 0.207. The Morgan fingerprint density at radius 1 is 0.763 bits per heavy atom. The predicted octanol–water partition coefficient (Wildman–Crippen LogP) is 4.56. The molecule has 1 aliphatic heterocycles. The van der Waals surface area contributed by atoms with E-state index in [0.717, 1.165) is 10.8 Å². The second-order valence-electron chi connectivity index (χ2n) is 9.49. The van der Waals surface area contributed by atoms with Gasteiger partial charge in [0.05, 0.1) is 14.7 Å². The van der Waals surface area contributed by atoms with E-state index in [1.165, 1.54) is 30.3 Å². The first-order valence-electron chi connectivity index (χ1n) is 12.4. The largest absolute Gasteiger partial charge is 0.339 e. The van der Waals surface area contributed by atoms with Crippen LogP contribution in [0.4, 0.5) is 0 Å². The van der Waals surface area contributed by atoms with Crippen LogP contribution in [0.25, 0.3) is 10.8 Å². The van der Waals surface area contributed by atoms with Crippen LogP contribution in [0, 0.1) is 6.92 Å². The van der Waals surface area contributed by atoms with Crippen molar-refractivity contribution in [2.24, 2.45) is 0 Å². The second kappa shape index (κ2) is 10.3. The molecular weight excluding hydrogens is 520 g/mol. The van der Waals surface area contributed by atoms with Gasteiger partial charge >= 0.3 is 0 Å². The summed E-state index contributed by atoms with van der Waals surface area (Å²) in [5.41, 5.74) is 1.06. The third-order valence-electron chi connectivity index (χ3n) is 6.91. The molecule has 4 aromatic rings. The Kier molecular flexibility index (Phi) is 7.09. The zero-order valence-electron chi connectivity index (χ0n) is 20.9. The average Bonchev–Trinajstić information content (AvgIpc) is 2.93. The maximum atomic E-state index is 13.3. The number of piperidine rings is 1. The molecule has 196 valence electrons. The van der Waals surface area contributed by atoms with Crippen LogP contribution in [0.2, 0.25) is 0 Å². The Morgan fingerprint density at radius 2 is 1.42 bits per heavy atom. The lowest BCUT2D eigenvalue weighted by Crippen LogP contribution is -2.46. The second-order valence-corrected chi connectivity index (χ2v) is 13.1. The summed E-state index contributed by atoms with van der Waals surface area (Å²) < 4.78 is 55.5. The summed E-state index contributed by atoms with van der Waals surface area (Å²) in [6, 6.07) is 25.2. The van der Waals surface area contributed by atoms with E-state index in [1.54, 1.807) is 30.0 Å². The van der Waals surface area contributed by atoms with Gasteiger partial charge in [0, 0.05) is 24.7 Å². The summed E-state index contributed by atoms with van der Waals surface area (Å²) >= 11 is 0. The molecular formula is C29H28N2O5S2. The van der Waals surface area contributed by atoms with E-state index in [4.69, 9.17) is 0 Å². The first kappa shape index (κ1) is 26.1. The number of aryl methyl sites for hydroxylation is 1. The zero-order valence-corrected chi connectivity index (χ0v) is 22.5. The van der Waals surface area contributed by atoms with E-state index in [9.17, 15) is 21.6 Å². The molecule has 0 radical (unpaired) electrons. The lowest BCUT2D eigenvalue weighted by Gasteiger charge is -2.32. The molecule has 1 N–H and O–H groups in total. The van der Waals surface area contributed by atoms with Crippen LogP contribution in [-0.2, 0) is 19.9 Å². The molecule has 0 saturated carbocycles. The SMILES string of the molecule is Cc1ccc(S(=O)(=O)c2ccccc2)cc1S(=O)(=O)NC1CCN(C(=O)c2ccc3ccccc3c2)CC1. The first-order valence-corrected chi connectivity index (χ1v) is 15.3. The number of benzene rings is 4. The van der Waals surface area contributed by atoms with Crippen molar-refractivity contribution in [1.82, 2.24) is 9.62 Å². The lowest BCUT2D eigenvalue weighted by atomic mass is 10.0. The third-order valence-corrected chi connectivity index (χ3v) is 10.3. The van der Waals surface area contributed by atoms with E-state index in [-0.39, 0.29) is 26.6 Å². The molecule has 1 aliphatic rings. The molecule has 0 bridgehead atoms. The van der Waals surface area contributed by atoms with Crippen LogP contribution in [-0.4, -0.2) is 46.8 Å². The van der Waals surface area contributed by atoms with Gasteiger partial charge < -0.3 is 4.90 Å². The normalized spacial score (nSPS) is 15.0. The van der Waals surface area contributed by atoms with Gasteiger partial charge in [-0.2, -0.15) is 0 Å². The lowest BCUT2D eigenvalue weighted by molar-refractivity contribution is 0.0711. The standard InChI is InChI=1S/C29H28N2O5S2/c1-21-11-14-27(37(33,34)26-9-3-2-4-10-26)20-28(21)38(35,36)30-25-15-17-31(18-16-25)29(32)24-13-12-22-7-5-6-8-23(22)19-24/h2-14,19-20,25,30H,15-18H2,1H3. The van der Waals surface area contributed by atoms with Crippen molar-refractivity contribution in [2.75, 3.05) is 13.1 Å². The average molecular weight is 549 g/mol.